The Balaban J connectivity index is 1.97. The maximum absolute atomic E-state index is 13.0. The molecular formula is C25H32N2O5. The Bertz CT molecular complexity index is 947. The Labute approximate surface area is 189 Å². The van der Waals surface area contributed by atoms with Crippen molar-refractivity contribution in [3.05, 3.63) is 59.6 Å². The summed E-state index contributed by atoms with van der Waals surface area (Å²) < 4.78 is 11.3. The number of hydrogen-bond donors (Lipinski definition) is 1. The molecule has 1 fully saturated rings. The molecule has 0 saturated carbocycles. The van der Waals surface area contributed by atoms with Crippen LogP contribution in [0.15, 0.2) is 52.7 Å². The van der Waals surface area contributed by atoms with Gasteiger partial charge in [0.05, 0.1) is 18.4 Å². The number of Topliss-reactive ketones (excluding diaryl/α,β-unsaturated/α-hetero) is 1. The van der Waals surface area contributed by atoms with Gasteiger partial charge in [-0.3, -0.25) is 9.59 Å². The highest BCUT2D eigenvalue weighted by Crippen LogP contribution is 2.39. The van der Waals surface area contributed by atoms with Gasteiger partial charge < -0.3 is 24.1 Å². The van der Waals surface area contributed by atoms with E-state index in [9.17, 15) is 14.7 Å². The number of benzene rings is 1. The summed E-state index contributed by atoms with van der Waals surface area (Å²) in [6.07, 6.45) is 3.44. The Morgan fingerprint density at radius 3 is 2.59 bits per heavy atom. The zero-order valence-corrected chi connectivity index (χ0v) is 19.0. The van der Waals surface area contributed by atoms with Gasteiger partial charge in [0.25, 0.3) is 11.7 Å². The lowest BCUT2D eigenvalue weighted by molar-refractivity contribution is -0.140. The van der Waals surface area contributed by atoms with Crippen LogP contribution in [0.2, 0.25) is 0 Å². The van der Waals surface area contributed by atoms with E-state index < -0.39 is 17.7 Å². The number of aliphatic hydroxyl groups excluding tert-OH is 1. The molecule has 2 aromatic rings. The number of ether oxygens (including phenoxy) is 1. The zero-order chi connectivity index (χ0) is 23.1. The molecule has 7 nitrogen and oxygen atoms in total. The summed E-state index contributed by atoms with van der Waals surface area (Å²) in [6.45, 7) is 9.43. The molecule has 1 aliphatic heterocycles. The fourth-order valence-electron chi connectivity index (χ4n) is 3.87. The molecule has 1 aliphatic rings. The van der Waals surface area contributed by atoms with E-state index in [1.807, 2.05) is 0 Å². The summed E-state index contributed by atoms with van der Waals surface area (Å²) in [5.74, 6) is -0.513. The number of likely N-dealkylation sites (N-methyl/N-ethyl adjacent to an activating group) is 1. The van der Waals surface area contributed by atoms with Gasteiger partial charge in [-0.1, -0.05) is 39.3 Å². The van der Waals surface area contributed by atoms with Crippen LogP contribution in [0.25, 0.3) is 5.76 Å². The minimum Gasteiger partial charge on any atom is -0.507 e. The zero-order valence-electron chi connectivity index (χ0n) is 19.0. The number of nitrogens with zero attached hydrogens (tertiary/aromatic N) is 2. The van der Waals surface area contributed by atoms with Crippen molar-refractivity contribution in [2.45, 2.75) is 39.7 Å². The molecule has 0 radical (unpaired) electrons. The van der Waals surface area contributed by atoms with Gasteiger partial charge in [0.2, 0.25) is 0 Å². The van der Waals surface area contributed by atoms with Crippen molar-refractivity contribution < 1.29 is 23.8 Å². The normalized spacial score (nSPS) is 18.0. The molecule has 1 unspecified atom stereocenters. The highest BCUT2D eigenvalue weighted by Gasteiger charge is 2.47. The number of unbranched alkanes of at least 4 members (excludes halogenated alkanes) is 1. The van der Waals surface area contributed by atoms with Crippen LogP contribution in [0, 0.1) is 0 Å². The third-order valence-corrected chi connectivity index (χ3v) is 5.78. The molecule has 0 bridgehead atoms. The second kappa shape index (κ2) is 11.0. The smallest absolute Gasteiger partial charge is 0.295 e. The average Bonchev–Trinajstić information content (AvgIpc) is 3.42. The first-order chi connectivity index (χ1) is 15.5. The third kappa shape index (κ3) is 5.05. The Kier molecular flexibility index (Phi) is 8.11. The summed E-state index contributed by atoms with van der Waals surface area (Å²) in [7, 11) is 0. The molecule has 3 rings (SSSR count). The van der Waals surface area contributed by atoms with E-state index in [0.717, 1.165) is 25.9 Å². The summed E-state index contributed by atoms with van der Waals surface area (Å²) >= 11 is 0. The van der Waals surface area contributed by atoms with Crippen molar-refractivity contribution >= 4 is 17.4 Å². The number of ketones is 1. The molecule has 1 amide bonds. The molecule has 7 heteroatoms. The Morgan fingerprint density at radius 2 is 1.94 bits per heavy atom. The van der Waals surface area contributed by atoms with E-state index in [1.54, 1.807) is 36.4 Å². The van der Waals surface area contributed by atoms with Gasteiger partial charge in [-0.15, -0.1) is 0 Å². The number of likely N-dealkylation sites (tertiary alicyclic amines) is 1. The molecule has 1 N–H and O–H groups in total. The predicted molar refractivity (Wildman–Crippen MR) is 122 cm³/mol. The SMILES string of the molecule is CCCCOc1cccc(/C(O)=C2\C(=O)C(=O)N(CCN(CC)CC)C2c2ccco2)c1. The van der Waals surface area contributed by atoms with Crippen LogP contribution in [-0.2, 0) is 9.59 Å². The van der Waals surface area contributed by atoms with Crippen LogP contribution in [0.4, 0.5) is 0 Å². The van der Waals surface area contributed by atoms with Crippen molar-refractivity contribution in [2.24, 2.45) is 0 Å². The summed E-state index contributed by atoms with van der Waals surface area (Å²) in [5, 5.41) is 11.1. The fraction of sp³-hybridized carbons (Fsp3) is 0.440. The number of aliphatic hydroxyl groups is 1. The predicted octanol–water partition coefficient (Wildman–Crippen LogP) is 4.22. The van der Waals surface area contributed by atoms with Crippen molar-refractivity contribution in [1.29, 1.82) is 0 Å². The van der Waals surface area contributed by atoms with Crippen LogP contribution in [0.1, 0.15) is 51.0 Å². The average molecular weight is 441 g/mol. The van der Waals surface area contributed by atoms with Crippen LogP contribution in [-0.4, -0.2) is 59.4 Å². The maximum Gasteiger partial charge on any atom is 0.295 e. The lowest BCUT2D eigenvalue weighted by Crippen LogP contribution is -2.37. The first-order valence-corrected chi connectivity index (χ1v) is 11.3. The molecule has 0 spiro atoms. The minimum atomic E-state index is -0.773. The van der Waals surface area contributed by atoms with Crippen LogP contribution in [0.5, 0.6) is 5.75 Å². The van der Waals surface area contributed by atoms with Gasteiger partial charge in [0.15, 0.2) is 0 Å². The summed E-state index contributed by atoms with van der Waals surface area (Å²) in [4.78, 5) is 29.6. The fourth-order valence-corrected chi connectivity index (χ4v) is 3.87. The van der Waals surface area contributed by atoms with E-state index in [2.05, 4.69) is 25.7 Å². The minimum absolute atomic E-state index is 0.0372. The molecule has 0 aliphatic carbocycles. The lowest BCUT2D eigenvalue weighted by atomic mass is 9.99. The first-order valence-electron chi connectivity index (χ1n) is 11.3. The molecule has 1 aromatic heterocycles. The van der Waals surface area contributed by atoms with Crippen LogP contribution >= 0.6 is 0 Å². The second-order valence-electron chi connectivity index (χ2n) is 7.76. The number of hydrogen-bond acceptors (Lipinski definition) is 6. The summed E-state index contributed by atoms with van der Waals surface area (Å²) in [5.41, 5.74) is 0.465. The first kappa shape index (κ1) is 23.6. The van der Waals surface area contributed by atoms with Gasteiger partial charge in [0.1, 0.15) is 23.3 Å². The van der Waals surface area contributed by atoms with Gasteiger partial charge in [-0.2, -0.15) is 0 Å². The lowest BCUT2D eigenvalue weighted by Gasteiger charge is -2.26. The molecule has 32 heavy (non-hydrogen) atoms. The highest BCUT2D eigenvalue weighted by atomic mass is 16.5. The highest BCUT2D eigenvalue weighted by molar-refractivity contribution is 6.46. The molecule has 2 heterocycles. The van der Waals surface area contributed by atoms with Crippen molar-refractivity contribution in [2.75, 3.05) is 32.8 Å². The standard InChI is InChI=1S/C25H32N2O5/c1-4-7-15-31-19-11-8-10-18(17-19)23(28)21-22(20-12-9-16-32-20)27(25(30)24(21)29)14-13-26(5-2)6-3/h8-12,16-17,22,28H,4-7,13-15H2,1-3H3/b23-21+. The number of rotatable bonds is 11. The second-order valence-corrected chi connectivity index (χ2v) is 7.76. The van der Waals surface area contributed by atoms with Crippen LogP contribution < -0.4 is 4.74 Å². The number of carbonyl (C=O) groups excluding carboxylic acids is 2. The van der Waals surface area contributed by atoms with Crippen molar-refractivity contribution in [3.8, 4) is 5.75 Å². The number of amides is 1. The van der Waals surface area contributed by atoms with Crippen LogP contribution in [0.3, 0.4) is 0 Å². The summed E-state index contributed by atoms with van der Waals surface area (Å²) in [6, 6.07) is 9.61. The van der Waals surface area contributed by atoms with E-state index in [1.165, 1.54) is 11.2 Å². The van der Waals surface area contributed by atoms with Crippen molar-refractivity contribution in [3.63, 3.8) is 0 Å². The largest absolute Gasteiger partial charge is 0.507 e. The topological polar surface area (TPSA) is 83.2 Å². The molecule has 1 atom stereocenters. The van der Waals surface area contributed by atoms with Gasteiger partial charge in [-0.05, 0) is 43.8 Å². The van der Waals surface area contributed by atoms with E-state index >= 15 is 0 Å². The maximum atomic E-state index is 13.0. The van der Waals surface area contributed by atoms with Gasteiger partial charge in [0, 0.05) is 18.7 Å². The Morgan fingerprint density at radius 1 is 1.16 bits per heavy atom. The quantitative estimate of drug-likeness (QED) is 0.244. The third-order valence-electron chi connectivity index (χ3n) is 5.78. The van der Waals surface area contributed by atoms with Crippen molar-refractivity contribution in [1.82, 2.24) is 9.80 Å². The molecule has 172 valence electrons. The van der Waals surface area contributed by atoms with E-state index in [0.29, 0.717) is 36.8 Å². The van der Waals surface area contributed by atoms with E-state index in [4.69, 9.17) is 9.15 Å². The Hall–Kier alpha value is -3.06. The van der Waals surface area contributed by atoms with E-state index in [-0.39, 0.29) is 11.3 Å². The van der Waals surface area contributed by atoms with Gasteiger partial charge in [-0.25, -0.2) is 0 Å². The monoisotopic (exact) mass is 440 g/mol. The molecular weight excluding hydrogens is 408 g/mol. The number of furan rings is 1. The van der Waals surface area contributed by atoms with Gasteiger partial charge >= 0.3 is 0 Å². The molecule has 1 saturated heterocycles. The molecule has 1 aromatic carbocycles. The number of carbonyl (C=O) groups is 2.